The van der Waals surface area contributed by atoms with Crippen LogP contribution in [0.25, 0.3) is 0 Å². The maximum absolute atomic E-state index is 12.6. The number of halogens is 3. The summed E-state index contributed by atoms with van der Waals surface area (Å²) in [5.41, 5.74) is -0.717. The van der Waals surface area contributed by atoms with E-state index < -0.39 is 29.7 Å². The Morgan fingerprint density at radius 3 is 2.50 bits per heavy atom. The number of amides is 1. The Kier molecular flexibility index (Phi) is 6.36. The third-order valence-corrected chi connectivity index (χ3v) is 2.89. The Morgan fingerprint density at radius 1 is 1.27 bits per heavy atom. The van der Waals surface area contributed by atoms with Crippen LogP contribution in [-0.4, -0.2) is 34.7 Å². The normalized spacial score (nSPS) is 12.7. The van der Waals surface area contributed by atoms with Gasteiger partial charge in [0.1, 0.15) is 6.04 Å². The van der Waals surface area contributed by atoms with Gasteiger partial charge in [-0.15, -0.1) is 0 Å². The Morgan fingerprint density at radius 2 is 1.95 bits per heavy atom. The highest BCUT2D eigenvalue weighted by Gasteiger charge is 2.30. The van der Waals surface area contributed by atoms with Crippen LogP contribution in [0, 0.1) is 0 Å². The van der Waals surface area contributed by atoms with Crippen LogP contribution < -0.4 is 5.32 Å². The summed E-state index contributed by atoms with van der Waals surface area (Å²) in [4.78, 5) is 22.6. The van der Waals surface area contributed by atoms with Gasteiger partial charge in [-0.05, 0) is 18.1 Å². The molecule has 0 heterocycles. The summed E-state index contributed by atoms with van der Waals surface area (Å²) in [6.07, 6.45) is -4.65. The number of alkyl halides is 3. The molecule has 0 spiro atoms. The van der Waals surface area contributed by atoms with Crippen molar-refractivity contribution in [3.63, 3.8) is 0 Å². The van der Waals surface area contributed by atoms with Gasteiger partial charge in [0.2, 0.25) is 5.91 Å². The fourth-order valence-corrected chi connectivity index (χ4v) is 1.82. The molecule has 3 N–H and O–H groups in total. The van der Waals surface area contributed by atoms with Crippen molar-refractivity contribution in [3.8, 4) is 0 Å². The minimum atomic E-state index is -4.51. The molecule has 122 valence electrons. The Labute approximate surface area is 124 Å². The van der Waals surface area contributed by atoms with Crippen LogP contribution in [0.1, 0.15) is 24.0 Å². The lowest BCUT2D eigenvalue weighted by Crippen LogP contribution is -2.42. The number of hydrogen-bond donors (Lipinski definition) is 3. The standard InChI is InChI=1S/C14H16F3NO4/c15-14(16,17)10-4-1-3-9(7-10)8-11(13(21)22)18-12(20)5-2-6-19/h1,3-4,7,11,19H,2,5-6,8H2,(H,18,20)(H,21,22). The van der Waals surface area contributed by atoms with Gasteiger partial charge in [0.25, 0.3) is 0 Å². The monoisotopic (exact) mass is 319 g/mol. The average Bonchev–Trinajstić information content (AvgIpc) is 2.43. The van der Waals surface area contributed by atoms with Crippen molar-refractivity contribution in [2.75, 3.05) is 6.61 Å². The number of carbonyl (C=O) groups excluding carboxylic acids is 1. The molecule has 0 saturated heterocycles. The number of carbonyl (C=O) groups is 2. The largest absolute Gasteiger partial charge is 0.480 e. The van der Waals surface area contributed by atoms with Crippen LogP contribution in [0.2, 0.25) is 0 Å². The summed E-state index contributed by atoms with van der Waals surface area (Å²) in [6.45, 7) is -0.210. The number of benzene rings is 1. The van der Waals surface area contributed by atoms with E-state index in [-0.39, 0.29) is 31.4 Å². The van der Waals surface area contributed by atoms with Crippen LogP contribution in [0.5, 0.6) is 0 Å². The van der Waals surface area contributed by atoms with E-state index in [4.69, 9.17) is 10.2 Å². The minimum absolute atomic E-state index is 0.0527. The van der Waals surface area contributed by atoms with Gasteiger partial charge >= 0.3 is 12.1 Å². The highest BCUT2D eigenvalue weighted by molar-refractivity contribution is 5.83. The van der Waals surface area contributed by atoms with Gasteiger partial charge in [-0.1, -0.05) is 18.2 Å². The third kappa shape index (κ3) is 5.72. The van der Waals surface area contributed by atoms with Crippen LogP contribution in [0.3, 0.4) is 0 Å². The molecule has 0 fully saturated rings. The van der Waals surface area contributed by atoms with Crippen molar-refractivity contribution in [1.82, 2.24) is 5.32 Å². The van der Waals surface area contributed by atoms with Crippen molar-refractivity contribution in [1.29, 1.82) is 0 Å². The molecule has 0 bridgehead atoms. The van der Waals surface area contributed by atoms with Gasteiger partial charge in [-0.25, -0.2) is 4.79 Å². The molecule has 0 aliphatic heterocycles. The van der Waals surface area contributed by atoms with Gasteiger partial charge in [0.05, 0.1) is 5.56 Å². The Balaban J connectivity index is 2.79. The molecule has 8 heteroatoms. The zero-order valence-electron chi connectivity index (χ0n) is 11.6. The lowest BCUT2D eigenvalue weighted by atomic mass is 10.0. The molecule has 0 aromatic heterocycles. The first-order valence-electron chi connectivity index (χ1n) is 6.53. The number of nitrogens with one attached hydrogen (secondary N) is 1. The van der Waals surface area contributed by atoms with E-state index in [1.807, 2.05) is 0 Å². The average molecular weight is 319 g/mol. The lowest BCUT2D eigenvalue weighted by molar-refractivity contribution is -0.141. The molecule has 0 aliphatic rings. The summed E-state index contributed by atoms with van der Waals surface area (Å²) in [7, 11) is 0. The van der Waals surface area contributed by atoms with Crippen molar-refractivity contribution in [3.05, 3.63) is 35.4 Å². The highest BCUT2D eigenvalue weighted by Crippen LogP contribution is 2.29. The van der Waals surface area contributed by atoms with Crippen LogP contribution in [-0.2, 0) is 22.2 Å². The van der Waals surface area contributed by atoms with Crippen molar-refractivity contribution >= 4 is 11.9 Å². The number of aliphatic hydroxyl groups excluding tert-OH is 1. The van der Waals surface area contributed by atoms with E-state index in [0.29, 0.717) is 0 Å². The zero-order chi connectivity index (χ0) is 16.8. The summed E-state index contributed by atoms with van der Waals surface area (Å²) in [6, 6.07) is 2.97. The highest BCUT2D eigenvalue weighted by atomic mass is 19.4. The fraction of sp³-hybridized carbons (Fsp3) is 0.429. The molecule has 5 nitrogen and oxygen atoms in total. The summed E-state index contributed by atoms with van der Waals surface area (Å²) in [5, 5.41) is 19.9. The second kappa shape index (κ2) is 7.79. The van der Waals surface area contributed by atoms with E-state index in [9.17, 15) is 22.8 Å². The molecule has 1 atom stereocenters. The molecule has 22 heavy (non-hydrogen) atoms. The Hall–Kier alpha value is -2.09. The summed E-state index contributed by atoms with van der Waals surface area (Å²) >= 11 is 0. The van der Waals surface area contributed by atoms with E-state index >= 15 is 0 Å². The molecule has 1 aromatic carbocycles. The molecule has 0 radical (unpaired) electrons. The first-order valence-corrected chi connectivity index (χ1v) is 6.53. The second-order valence-corrected chi connectivity index (χ2v) is 4.69. The number of rotatable bonds is 7. The molecule has 0 saturated carbocycles. The number of aliphatic carboxylic acids is 1. The maximum Gasteiger partial charge on any atom is 0.416 e. The number of hydrogen-bond acceptors (Lipinski definition) is 3. The second-order valence-electron chi connectivity index (χ2n) is 4.69. The van der Waals surface area contributed by atoms with Crippen LogP contribution >= 0.6 is 0 Å². The number of carboxylic acids is 1. The Bertz CT molecular complexity index is 531. The van der Waals surface area contributed by atoms with Crippen molar-refractivity contribution < 1.29 is 33.0 Å². The number of aliphatic hydroxyl groups is 1. The third-order valence-electron chi connectivity index (χ3n) is 2.89. The molecular formula is C14H16F3NO4. The first kappa shape index (κ1) is 18.0. The SMILES string of the molecule is O=C(CCCO)NC(Cc1cccc(C(F)(F)F)c1)C(=O)O. The quantitative estimate of drug-likeness (QED) is 0.712. The lowest BCUT2D eigenvalue weighted by Gasteiger charge is -2.15. The predicted molar refractivity (Wildman–Crippen MR) is 71.0 cm³/mol. The van der Waals surface area contributed by atoms with Crippen LogP contribution in [0.15, 0.2) is 24.3 Å². The van der Waals surface area contributed by atoms with E-state index in [1.54, 1.807) is 0 Å². The van der Waals surface area contributed by atoms with Gasteiger partial charge < -0.3 is 15.5 Å². The molecule has 1 rings (SSSR count). The van der Waals surface area contributed by atoms with Crippen molar-refractivity contribution in [2.45, 2.75) is 31.5 Å². The van der Waals surface area contributed by atoms with Gasteiger partial charge in [0, 0.05) is 19.4 Å². The molecule has 0 aliphatic carbocycles. The first-order chi connectivity index (χ1) is 10.2. The molecule has 1 aromatic rings. The summed E-state index contributed by atoms with van der Waals surface area (Å²) < 4.78 is 37.8. The zero-order valence-corrected chi connectivity index (χ0v) is 11.6. The maximum atomic E-state index is 12.6. The number of carboxylic acid groups (broad SMARTS) is 1. The van der Waals surface area contributed by atoms with Crippen LogP contribution in [0.4, 0.5) is 13.2 Å². The van der Waals surface area contributed by atoms with Gasteiger partial charge in [-0.2, -0.15) is 13.2 Å². The van der Waals surface area contributed by atoms with E-state index in [1.165, 1.54) is 12.1 Å². The topological polar surface area (TPSA) is 86.6 Å². The minimum Gasteiger partial charge on any atom is -0.480 e. The summed E-state index contributed by atoms with van der Waals surface area (Å²) in [5.74, 6) is -1.91. The van der Waals surface area contributed by atoms with Gasteiger partial charge in [-0.3, -0.25) is 4.79 Å². The molecule has 1 unspecified atom stereocenters. The smallest absolute Gasteiger partial charge is 0.416 e. The predicted octanol–water partition coefficient (Wildman–Crippen LogP) is 1.59. The fourth-order valence-electron chi connectivity index (χ4n) is 1.82. The van der Waals surface area contributed by atoms with E-state index in [2.05, 4.69) is 5.32 Å². The molecule has 1 amide bonds. The van der Waals surface area contributed by atoms with Gasteiger partial charge in [0.15, 0.2) is 0 Å². The van der Waals surface area contributed by atoms with E-state index in [0.717, 1.165) is 12.1 Å². The molecular weight excluding hydrogens is 303 g/mol. The van der Waals surface area contributed by atoms with Crippen molar-refractivity contribution in [2.24, 2.45) is 0 Å².